The third-order valence-electron chi connectivity index (χ3n) is 4.64. The van der Waals surface area contributed by atoms with Crippen LogP contribution in [0.3, 0.4) is 0 Å². The molecule has 0 aromatic heterocycles. The largest absolute Gasteiger partial charge is 0.337 e. The van der Waals surface area contributed by atoms with Crippen molar-refractivity contribution in [3.8, 4) is 0 Å². The normalized spacial score (nSPS) is 11.2. The van der Waals surface area contributed by atoms with E-state index in [0.29, 0.717) is 5.02 Å². The predicted octanol–water partition coefficient (Wildman–Crippen LogP) is 4.58. The van der Waals surface area contributed by atoms with Crippen molar-refractivity contribution in [1.82, 2.24) is 4.90 Å². The summed E-state index contributed by atoms with van der Waals surface area (Å²) in [4.78, 5) is 14.2. The van der Waals surface area contributed by atoms with Gasteiger partial charge in [-0.25, -0.2) is 12.8 Å². The minimum absolute atomic E-state index is 0.0786. The molecule has 0 heterocycles. The van der Waals surface area contributed by atoms with Crippen LogP contribution in [0.25, 0.3) is 0 Å². The summed E-state index contributed by atoms with van der Waals surface area (Å²) < 4.78 is 40.9. The molecule has 0 aliphatic carbocycles. The van der Waals surface area contributed by atoms with Crippen molar-refractivity contribution >= 4 is 33.2 Å². The molecule has 8 heteroatoms. The van der Waals surface area contributed by atoms with Crippen molar-refractivity contribution in [2.24, 2.45) is 0 Å². The van der Waals surface area contributed by atoms with Gasteiger partial charge >= 0.3 is 0 Å². The van der Waals surface area contributed by atoms with Crippen LogP contribution < -0.4 is 4.31 Å². The molecule has 0 unspecified atom stereocenters. The van der Waals surface area contributed by atoms with Gasteiger partial charge in [-0.3, -0.25) is 9.10 Å². The molecule has 0 radical (unpaired) electrons. The first-order valence-corrected chi connectivity index (χ1v) is 10.9. The summed E-state index contributed by atoms with van der Waals surface area (Å²) >= 11 is 6.16. The van der Waals surface area contributed by atoms with E-state index in [4.69, 9.17) is 11.6 Å². The second kappa shape index (κ2) is 8.85. The highest BCUT2D eigenvalue weighted by Crippen LogP contribution is 2.25. The summed E-state index contributed by atoms with van der Waals surface area (Å²) in [5, 5.41) is 0.542. The average Bonchev–Trinajstić information content (AvgIpc) is 2.74. The van der Waals surface area contributed by atoms with Gasteiger partial charge in [-0.2, -0.15) is 0 Å². The number of hydrogen-bond acceptors (Lipinski definition) is 3. The molecule has 3 aromatic rings. The molecule has 0 aliphatic rings. The molecule has 0 aliphatic heterocycles. The lowest BCUT2D eigenvalue weighted by molar-refractivity contribution is 0.0785. The first-order chi connectivity index (χ1) is 14.2. The van der Waals surface area contributed by atoms with Crippen molar-refractivity contribution < 1.29 is 17.6 Å². The second-order valence-corrected chi connectivity index (χ2v) is 9.08. The maximum atomic E-state index is 14.1. The summed E-state index contributed by atoms with van der Waals surface area (Å²) in [6.45, 7) is 0.268. The second-order valence-electron chi connectivity index (χ2n) is 6.70. The lowest BCUT2D eigenvalue weighted by Gasteiger charge is -2.21. The maximum absolute atomic E-state index is 14.1. The van der Waals surface area contributed by atoms with Crippen LogP contribution in [-0.2, 0) is 16.6 Å². The van der Waals surface area contributed by atoms with Crippen molar-refractivity contribution in [3.63, 3.8) is 0 Å². The molecule has 0 spiro atoms. The highest BCUT2D eigenvalue weighted by atomic mass is 35.5. The van der Waals surface area contributed by atoms with E-state index < -0.39 is 15.8 Å². The van der Waals surface area contributed by atoms with E-state index in [2.05, 4.69) is 0 Å². The third kappa shape index (κ3) is 4.47. The minimum atomic E-state index is -4.06. The zero-order valence-corrected chi connectivity index (χ0v) is 18.0. The van der Waals surface area contributed by atoms with Crippen LogP contribution in [0.1, 0.15) is 15.9 Å². The number of sulfonamides is 1. The van der Waals surface area contributed by atoms with Gasteiger partial charge in [0.1, 0.15) is 5.82 Å². The van der Waals surface area contributed by atoms with Gasteiger partial charge in [0.2, 0.25) is 0 Å². The lowest BCUT2D eigenvalue weighted by Crippen LogP contribution is -2.29. The van der Waals surface area contributed by atoms with E-state index in [1.807, 2.05) is 12.1 Å². The highest BCUT2D eigenvalue weighted by molar-refractivity contribution is 7.92. The standard InChI is InChI=1S/C22H20ClFN2O3S/c1-25(15-17-8-3-4-11-19(17)23)22(27)16-9-7-10-18(14-16)30(28,29)26(2)21-13-6-5-12-20(21)24/h3-14H,15H2,1-2H3. The number of halogens is 2. The van der Waals surface area contributed by atoms with Crippen LogP contribution in [0, 0.1) is 5.82 Å². The Hall–Kier alpha value is -2.90. The molecule has 3 rings (SSSR count). The Balaban J connectivity index is 1.87. The smallest absolute Gasteiger partial charge is 0.264 e. The molecule has 0 atom stereocenters. The first kappa shape index (κ1) is 21.8. The highest BCUT2D eigenvalue weighted by Gasteiger charge is 2.25. The van der Waals surface area contributed by atoms with Crippen molar-refractivity contribution in [1.29, 1.82) is 0 Å². The summed E-state index contributed by atoms with van der Waals surface area (Å²) in [5.74, 6) is -1.02. The van der Waals surface area contributed by atoms with Gasteiger partial charge in [-0.1, -0.05) is 48.0 Å². The Labute approximate surface area is 180 Å². The maximum Gasteiger partial charge on any atom is 0.264 e. The molecule has 0 fully saturated rings. The SMILES string of the molecule is CN(Cc1ccccc1Cl)C(=O)c1cccc(S(=O)(=O)N(C)c2ccccc2F)c1. The van der Waals surface area contributed by atoms with E-state index in [-0.39, 0.29) is 28.6 Å². The molecule has 0 saturated carbocycles. The number of anilines is 1. The van der Waals surface area contributed by atoms with Crippen molar-refractivity contribution in [2.45, 2.75) is 11.4 Å². The number of carbonyl (C=O) groups excluding carboxylic acids is 1. The quantitative estimate of drug-likeness (QED) is 0.557. The van der Waals surface area contributed by atoms with Gasteiger partial charge in [-0.15, -0.1) is 0 Å². The Morgan fingerprint density at radius 2 is 1.63 bits per heavy atom. The number of rotatable bonds is 6. The molecule has 30 heavy (non-hydrogen) atoms. The predicted molar refractivity (Wildman–Crippen MR) is 116 cm³/mol. The topological polar surface area (TPSA) is 57.7 Å². The Morgan fingerprint density at radius 1 is 0.967 bits per heavy atom. The summed E-state index contributed by atoms with van der Waals surface area (Å²) in [6.07, 6.45) is 0. The van der Waals surface area contributed by atoms with Crippen LogP contribution in [0.4, 0.5) is 10.1 Å². The Morgan fingerprint density at radius 3 is 2.33 bits per heavy atom. The van der Waals surface area contributed by atoms with Gasteiger partial charge < -0.3 is 4.90 Å². The number of nitrogens with zero attached hydrogens (tertiary/aromatic N) is 2. The Kier molecular flexibility index (Phi) is 6.43. The molecular formula is C22H20ClFN2O3S. The molecule has 156 valence electrons. The van der Waals surface area contributed by atoms with Crippen LogP contribution in [-0.4, -0.2) is 33.3 Å². The minimum Gasteiger partial charge on any atom is -0.337 e. The third-order valence-corrected chi connectivity index (χ3v) is 6.78. The zero-order chi connectivity index (χ0) is 21.9. The number of carbonyl (C=O) groups is 1. The molecule has 1 amide bonds. The van der Waals surface area contributed by atoms with Gasteiger partial charge in [0.05, 0.1) is 10.6 Å². The van der Waals surface area contributed by atoms with Crippen LogP contribution >= 0.6 is 11.6 Å². The monoisotopic (exact) mass is 446 g/mol. The molecule has 0 N–H and O–H groups in total. The first-order valence-electron chi connectivity index (χ1n) is 9.04. The van der Waals surface area contributed by atoms with Gasteiger partial charge in [0.15, 0.2) is 0 Å². The van der Waals surface area contributed by atoms with E-state index in [1.165, 1.54) is 54.4 Å². The average molecular weight is 447 g/mol. The number of para-hydroxylation sites is 1. The molecule has 0 saturated heterocycles. The van der Waals surface area contributed by atoms with Crippen molar-refractivity contribution in [2.75, 3.05) is 18.4 Å². The van der Waals surface area contributed by atoms with Crippen LogP contribution in [0.2, 0.25) is 5.02 Å². The molecule has 3 aromatic carbocycles. The summed E-state index contributed by atoms with van der Waals surface area (Å²) in [6, 6.07) is 18.4. The van der Waals surface area contributed by atoms with E-state index in [0.717, 1.165) is 9.87 Å². The molecular weight excluding hydrogens is 427 g/mol. The van der Waals surface area contributed by atoms with Crippen LogP contribution in [0.5, 0.6) is 0 Å². The van der Waals surface area contributed by atoms with Crippen molar-refractivity contribution in [3.05, 3.63) is 94.8 Å². The fraction of sp³-hybridized carbons (Fsp3) is 0.136. The fourth-order valence-electron chi connectivity index (χ4n) is 2.96. The van der Waals surface area contributed by atoms with E-state index >= 15 is 0 Å². The fourth-order valence-corrected chi connectivity index (χ4v) is 4.40. The zero-order valence-electron chi connectivity index (χ0n) is 16.4. The van der Waals surface area contributed by atoms with Gasteiger partial charge in [-0.05, 0) is 42.0 Å². The van der Waals surface area contributed by atoms with Gasteiger partial charge in [0, 0.05) is 31.2 Å². The number of hydrogen-bond donors (Lipinski definition) is 0. The number of amides is 1. The number of benzene rings is 3. The molecule has 0 bridgehead atoms. The summed E-state index contributed by atoms with van der Waals surface area (Å²) in [5.41, 5.74) is 0.899. The Bertz CT molecular complexity index is 1180. The van der Waals surface area contributed by atoms with Crippen LogP contribution in [0.15, 0.2) is 77.7 Å². The lowest BCUT2D eigenvalue weighted by atomic mass is 10.1. The summed E-state index contributed by atoms with van der Waals surface area (Å²) in [7, 11) is -1.18. The van der Waals surface area contributed by atoms with Gasteiger partial charge in [0.25, 0.3) is 15.9 Å². The molecule has 5 nitrogen and oxygen atoms in total. The van der Waals surface area contributed by atoms with E-state index in [9.17, 15) is 17.6 Å². The van der Waals surface area contributed by atoms with E-state index in [1.54, 1.807) is 25.2 Å².